The summed E-state index contributed by atoms with van der Waals surface area (Å²) in [4.78, 5) is 54.0. The number of carbonyl (C=O) groups is 4. The highest BCUT2D eigenvalue weighted by Crippen LogP contribution is 2.75. The molecule has 5 fully saturated rings. The Balaban J connectivity index is 1.50. The van der Waals surface area contributed by atoms with Crippen LogP contribution in [0.2, 0.25) is 0 Å². The summed E-state index contributed by atoms with van der Waals surface area (Å²) >= 11 is 0. The molecule has 1 aromatic heterocycles. The van der Waals surface area contributed by atoms with E-state index in [-0.39, 0.29) is 31.7 Å². The zero-order valence-corrected chi connectivity index (χ0v) is 26.1. The van der Waals surface area contributed by atoms with Gasteiger partial charge in [-0.25, -0.2) is 0 Å². The van der Waals surface area contributed by atoms with Gasteiger partial charge >= 0.3 is 11.9 Å². The number of furan rings is 1. The maximum Gasteiger partial charge on any atom is 0.310 e. The van der Waals surface area contributed by atoms with Gasteiger partial charge in [-0.2, -0.15) is 0 Å². The summed E-state index contributed by atoms with van der Waals surface area (Å²) in [5.74, 6) is -5.61. The van der Waals surface area contributed by atoms with Crippen LogP contribution in [0.5, 0.6) is 0 Å². The van der Waals surface area contributed by atoms with Crippen molar-refractivity contribution < 1.29 is 53.1 Å². The number of ether oxygens (including phenoxy) is 3. The van der Waals surface area contributed by atoms with Crippen LogP contribution in [0.25, 0.3) is 0 Å². The fourth-order valence-corrected chi connectivity index (χ4v) is 10.5. The van der Waals surface area contributed by atoms with Crippen LogP contribution in [0, 0.1) is 45.3 Å². The van der Waals surface area contributed by atoms with Gasteiger partial charge in [0.15, 0.2) is 5.78 Å². The second-order valence-electron chi connectivity index (χ2n) is 14.7. The molecule has 1 saturated heterocycles. The molecule has 1 aliphatic heterocycles. The first kappa shape index (κ1) is 31.4. The van der Waals surface area contributed by atoms with Gasteiger partial charge in [0.2, 0.25) is 6.29 Å². The molecule has 242 valence electrons. The van der Waals surface area contributed by atoms with Crippen molar-refractivity contribution in [1.82, 2.24) is 0 Å². The van der Waals surface area contributed by atoms with E-state index in [1.807, 2.05) is 6.92 Å². The maximum atomic E-state index is 14.7. The Labute approximate surface area is 256 Å². The van der Waals surface area contributed by atoms with Gasteiger partial charge in [0.05, 0.1) is 42.7 Å². The number of aliphatic hydroxyl groups excluding tert-OH is 3. The molecule has 4 aliphatic carbocycles. The van der Waals surface area contributed by atoms with Gasteiger partial charge in [-0.15, -0.1) is 0 Å². The van der Waals surface area contributed by atoms with Crippen LogP contribution in [-0.4, -0.2) is 76.1 Å². The Morgan fingerprint density at radius 2 is 1.73 bits per heavy atom. The van der Waals surface area contributed by atoms with E-state index in [2.05, 4.69) is 0 Å². The van der Waals surface area contributed by atoms with Crippen molar-refractivity contribution in [2.45, 2.75) is 104 Å². The van der Waals surface area contributed by atoms with E-state index < -0.39 is 99.7 Å². The van der Waals surface area contributed by atoms with E-state index in [9.17, 15) is 34.5 Å². The van der Waals surface area contributed by atoms with Crippen LogP contribution in [0.3, 0.4) is 0 Å². The Bertz CT molecular complexity index is 1360. The molecule has 0 aromatic carbocycles. The van der Waals surface area contributed by atoms with E-state index in [1.165, 1.54) is 19.5 Å². The topological polar surface area (TPSA) is 170 Å². The number of ketones is 2. The molecule has 14 atom stereocenters. The average Bonchev–Trinajstić information content (AvgIpc) is 3.59. The molecule has 11 heteroatoms. The summed E-state index contributed by atoms with van der Waals surface area (Å²) < 4.78 is 23.3. The van der Waals surface area contributed by atoms with Crippen LogP contribution >= 0.6 is 0 Å². The first-order valence-corrected chi connectivity index (χ1v) is 15.7. The molecule has 1 aromatic rings. The Morgan fingerprint density at radius 3 is 2.34 bits per heavy atom. The molecule has 11 nitrogen and oxygen atoms in total. The lowest BCUT2D eigenvalue weighted by Gasteiger charge is -2.72. The van der Waals surface area contributed by atoms with Crippen molar-refractivity contribution in [3.63, 3.8) is 0 Å². The third-order valence-electron chi connectivity index (χ3n) is 12.8. The lowest BCUT2D eigenvalue weighted by Crippen LogP contribution is -2.80. The summed E-state index contributed by atoms with van der Waals surface area (Å²) in [6.07, 6.45) is -2.66. The fourth-order valence-electron chi connectivity index (χ4n) is 10.5. The zero-order valence-electron chi connectivity index (χ0n) is 26.1. The third-order valence-corrected chi connectivity index (χ3v) is 12.8. The normalized spacial score (nSPS) is 48.5. The van der Waals surface area contributed by atoms with Gasteiger partial charge in [0.25, 0.3) is 0 Å². The number of carbonyl (C=O) groups excluding carboxylic acids is 4. The number of rotatable bonds is 5. The van der Waals surface area contributed by atoms with Gasteiger partial charge in [-0.1, -0.05) is 27.7 Å². The smallest absolute Gasteiger partial charge is 0.310 e. The molecule has 3 N–H and O–H groups in total. The van der Waals surface area contributed by atoms with Crippen LogP contribution < -0.4 is 0 Å². The molecule has 4 saturated carbocycles. The quantitative estimate of drug-likeness (QED) is 0.416. The van der Waals surface area contributed by atoms with Crippen LogP contribution in [-0.2, 0) is 33.4 Å². The number of aliphatic hydroxyl groups is 3. The Hall–Kier alpha value is -2.60. The predicted octanol–water partition coefficient (Wildman–Crippen LogP) is 2.54. The lowest BCUT2D eigenvalue weighted by molar-refractivity contribution is -0.372. The molecule has 2 bridgehead atoms. The van der Waals surface area contributed by atoms with Gasteiger partial charge in [-0.3, -0.25) is 19.2 Å². The molecule has 2 heterocycles. The standard InChI is InChI=1S/C33H44O11/c1-7-15(2)28(40)44-29-31(5)20-11-21(36)32(6)25-19(35)10-18(17-8-9-41-13-17)30(25,4)27(39)24(38)26(32)33(20,14-42-29)22(37)12-23(31)43-16(3)34/h8-9,13,15,18,20-23,25-27,29,36-37,39H,7,10-12,14H2,1-6H3/t15?,18-,20-,21+,22-,23+,25+,26-,27-,29-,30-,31-,32-,33+/m0/s1. The van der Waals surface area contributed by atoms with Gasteiger partial charge < -0.3 is 33.9 Å². The molecule has 0 amide bonds. The minimum Gasteiger partial charge on any atom is -0.472 e. The van der Waals surface area contributed by atoms with E-state index in [4.69, 9.17) is 18.6 Å². The summed E-state index contributed by atoms with van der Waals surface area (Å²) in [7, 11) is 0. The van der Waals surface area contributed by atoms with Gasteiger partial charge in [0.1, 0.15) is 18.0 Å². The molecule has 6 rings (SSSR count). The van der Waals surface area contributed by atoms with E-state index in [0.717, 1.165) is 0 Å². The highest BCUT2D eigenvalue weighted by atomic mass is 16.7. The molecule has 44 heavy (non-hydrogen) atoms. The summed E-state index contributed by atoms with van der Waals surface area (Å²) in [5, 5.41) is 36.1. The monoisotopic (exact) mass is 616 g/mol. The molecule has 0 radical (unpaired) electrons. The van der Waals surface area contributed by atoms with E-state index in [0.29, 0.717) is 12.0 Å². The predicted molar refractivity (Wildman–Crippen MR) is 151 cm³/mol. The number of hydrogen-bond acceptors (Lipinski definition) is 11. The van der Waals surface area contributed by atoms with Crippen molar-refractivity contribution in [3.05, 3.63) is 24.2 Å². The van der Waals surface area contributed by atoms with Crippen LogP contribution in [0.1, 0.15) is 78.7 Å². The first-order valence-electron chi connectivity index (χ1n) is 15.7. The SMILES string of the molecule is CCC(C)C(=O)O[C@@H]1OC[C@]23[C@@H](O)C[C@@H](OC(C)=O)[C@]1(C)[C@@H]2C[C@@H](O)[C@@]1(C)[C@@H]2C(=O)C[C@@H](c4ccoc4)[C@]2(C)[C@@H](O)C(=O)[C@@H]13. The second-order valence-corrected chi connectivity index (χ2v) is 14.7. The minimum atomic E-state index is -1.58. The van der Waals surface area contributed by atoms with Crippen molar-refractivity contribution >= 4 is 23.5 Å². The van der Waals surface area contributed by atoms with Crippen molar-refractivity contribution in [2.24, 2.45) is 45.3 Å². The fraction of sp³-hybridized carbons (Fsp3) is 0.758. The third kappa shape index (κ3) is 3.75. The highest BCUT2D eigenvalue weighted by molar-refractivity contribution is 5.96. The number of esters is 2. The Morgan fingerprint density at radius 1 is 1.02 bits per heavy atom. The largest absolute Gasteiger partial charge is 0.472 e. The van der Waals surface area contributed by atoms with Crippen molar-refractivity contribution in [3.8, 4) is 0 Å². The number of hydrogen-bond donors (Lipinski definition) is 3. The molecular weight excluding hydrogens is 572 g/mol. The van der Waals surface area contributed by atoms with E-state index in [1.54, 1.807) is 33.8 Å². The summed E-state index contributed by atoms with van der Waals surface area (Å²) in [5.41, 5.74) is -4.54. The van der Waals surface area contributed by atoms with Gasteiger partial charge in [0, 0.05) is 53.8 Å². The molecule has 1 unspecified atom stereocenters. The lowest BCUT2D eigenvalue weighted by atomic mass is 9.33. The number of Topliss-reactive ketones (excluding diaryl/α,β-unsaturated/α-hetero) is 2. The zero-order chi connectivity index (χ0) is 32.1. The van der Waals surface area contributed by atoms with Gasteiger partial charge in [-0.05, 0) is 37.3 Å². The average molecular weight is 617 g/mol. The summed E-state index contributed by atoms with van der Waals surface area (Å²) in [6.45, 7) is 9.83. The van der Waals surface area contributed by atoms with Crippen molar-refractivity contribution in [1.29, 1.82) is 0 Å². The minimum absolute atomic E-state index is 0.0265. The summed E-state index contributed by atoms with van der Waals surface area (Å²) in [6, 6.07) is 1.73. The highest BCUT2D eigenvalue weighted by Gasteiger charge is 2.82. The molecule has 5 aliphatic rings. The first-order chi connectivity index (χ1) is 20.6. The number of fused-ring (bicyclic) bond motifs is 3. The maximum absolute atomic E-state index is 14.7. The van der Waals surface area contributed by atoms with E-state index >= 15 is 0 Å². The molecular formula is C33H44O11. The second kappa shape index (κ2) is 10.2. The van der Waals surface area contributed by atoms with Crippen LogP contribution in [0.15, 0.2) is 23.0 Å². The van der Waals surface area contributed by atoms with Crippen molar-refractivity contribution in [2.75, 3.05) is 6.61 Å². The van der Waals surface area contributed by atoms with Crippen LogP contribution in [0.4, 0.5) is 0 Å². The molecule has 0 spiro atoms. The Kier molecular flexibility index (Phi) is 7.28.